The molecule has 4 saturated carbocycles. The van der Waals surface area contributed by atoms with E-state index in [0.717, 1.165) is 35.5 Å². The van der Waals surface area contributed by atoms with Gasteiger partial charge in [0.15, 0.2) is 0 Å². The maximum Gasteiger partial charge on any atom is -0.00825 e. The highest BCUT2D eigenvalue weighted by Gasteiger charge is 2.63. The van der Waals surface area contributed by atoms with Crippen LogP contribution in [0.2, 0.25) is 0 Å². The van der Waals surface area contributed by atoms with E-state index >= 15 is 0 Å². The molecule has 30 heavy (non-hydrogen) atoms. The predicted octanol–water partition coefficient (Wildman–Crippen LogP) is 9.20. The lowest BCUT2D eigenvalue weighted by Gasteiger charge is -2.63. The van der Waals surface area contributed by atoms with Gasteiger partial charge in [-0.3, -0.25) is 0 Å². The summed E-state index contributed by atoms with van der Waals surface area (Å²) in [6.45, 7) is 13.0. The molecule has 0 heterocycles. The Morgan fingerprint density at radius 3 is 2.37 bits per heavy atom. The van der Waals surface area contributed by atoms with Gasteiger partial charge in [-0.1, -0.05) is 65.5 Å². The third-order valence-electron chi connectivity index (χ3n) is 11.8. The second-order valence-electron chi connectivity index (χ2n) is 13.8. The standard InChI is InChI=1S/C30H50/c1-21(2)8-6-7-9-24-12-13-26-28(24,3)19-16-27-29(4)17-14-23(22-10-11-22)20-25(29)15-18-30(26,27)5/h15,21-24,26-27H,6-14,16-20H2,1-5H3. The summed E-state index contributed by atoms with van der Waals surface area (Å²) in [4.78, 5) is 0. The Morgan fingerprint density at radius 1 is 0.833 bits per heavy atom. The summed E-state index contributed by atoms with van der Waals surface area (Å²) in [5.41, 5.74) is 3.66. The van der Waals surface area contributed by atoms with Gasteiger partial charge in [-0.15, -0.1) is 0 Å². The molecule has 7 unspecified atom stereocenters. The third-order valence-corrected chi connectivity index (χ3v) is 11.8. The number of fused-ring (bicyclic) bond motifs is 5. The average Bonchev–Trinajstić information content (AvgIpc) is 3.48. The molecular weight excluding hydrogens is 360 g/mol. The molecule has 5 aliphatic rings. The van der Waals surface area contributed by atoms with Gasteiger partial charge < -0.3 is 0 Å². The van der Waals surface area contributed by atoms with Crippen LogP contribution in [0.4, 0.5) is 0 Å². The van der Waals surface area contributed by atoms with Crippen molar-refractivity contribution in [2.75, 3.05) is 0 Å². The molecule has 0 spiro atoms. The Labute approximate surface area is 188 Å². The number of allylic oxidation sites excluding steroid dienone is 2. The molecule has 0 aliphatic heterocycles. The highest BCUT2D eigenvalue weighted by Crippen LogP contribution is 2.72. The molecule has 7 atom stereocenters. The van der Waals surface area contributed by atoms with Crippen molar-refractivity contribution in [3.8, 4) is 0 Å². The smallest absolute Gasteiger partial charge is 0.00825 e. The van der Waals surface area contributed by atoms with E-state index < -0.39 is 0 Å². The van der Waals surface area contributed by atoms with Crippen LogP contribution < -0.4 is 0 Å². The molecule has 0 bridgehead atoms. The molecule has 5 rings (SSSR count). The van der Waals surface area contributed by atoms with E-state index in [-0.39, 0.29) is 0 Å². The molecule has 0 N–H and O–H groups in total. The van der Waals surface area contributed by atoms with Crippen LogP contribution in [0.15, 0.2) is 11.6 Å². The fourth-order valence-electron chi connectivity index (χ4n) is 9.84. The highest BCUT2D eigenvalue weighted by molar-refractivity contribution is 5.28. The lowest BCUT2D eigenvalue weighted by Crippen LogP contribution is -2.55. The molecular formula is C30H50. The van der Waals surface area contributed by atoms with Crippen LogP contribution in [-0.2, 0) is 0 Å². The minimum Gasteiger partial charge on any atom is -0.0842 e. The Morgan fingerprint density at radius 2 is 1.63 bits per heavy atom. The highest BCUT2D eigenvalue weighted by atomic mass is 14.7. The van der Waals surface area contributed by atoms with Gasteiger partial charge >= 0.3 is 0 Å². The van der Waals surface area contributed by atoms with Crippen molar-refractivity contribution in [3.05, 3.63) is 11.6 Å². The number of rotatable bonds is 6. The van der Waals surface area contributed by atoms with Crippen LogP contribution in [0.3, 0.4) is 0 Å². The average molecular weight is 411 g/mol. The van der Waals surface area contributed by atoms with Crippen LogP contribution in [0.25, 0.3) is 0 Å². The zero-order chi connectivity index (χ0) is 21.1. The Kier molecular flexibility index (Phi) is 5.51. The van der Waals surface area contributed by atoms with E-state index in [1.165, 1.54) is 89.9 Å². The molecule has 4 fully saturated rings. The Bertz CT molecular complexity index is 668. The molecule has 0 aromatic rings. The summed E-state index contributed by atoms with van der Waals surface area (Å²) in [5, 5.41) is 0. The lowest BCUT2D eigenvalue weighted by molar-refractivity contribution is -0.107. The van der Waals surface area contributed by atoms with Crippen LogP contribution in [0, 0.1) is 51.8 Å². The molecule has 0 heteroatoms. The van der Waals surface area contributed by atoms with Crippen molar-refractivity contribution < 1.29 is 0 Å². The summed E-state index contributed by atoms with van der Waals surface area (Å²) in [5.74, 6) is 5.98. The normalized spacial score (nSPS) is 48.1. The molecule has 0 aromatic heterocycles. The Balaban J connectivity index is 1.32. The first-order chi connectivity index (χ1) is 14.3. The second-order valence-corrected chi connectivity index (χ2v) is 13.8. The first-order valence-electron chi connectivity index (χ1n) is 14.0. The molecule has 170 valence electrons. The number of hydrogen-bond donors (Lipinski definition) is 0. The van der Waals surface area contributed by atoms with Crippen molar-refractivity contribution in [1.29, 1.82) is 0 Å². The van der Waals surface area contributed by atoms with E-state index in [9.17, 15) is 0 Å². The molecule has 0 nitrogen and oxygen atoms in total. The van der Waals surface area contributed by atoms with Gasteiger partial charge in [-0.2, -0.15) is 0 Å². The predicted molar refractivity (Wildman–Crippen MR) is 129 cm³/mol. The fraction of sp³-hybridized carbons (Fsp3) is 0.933. The quantitative estimate of drug-likeness (QED) is 0.302. The second kappa shape index (κ2) is 7.66. The van der Waals surface area contributed by atoms with Crippen molar-refractivity contribution in [3.63, 3.8) is 0 Å². The summed E-state index contributed by atoms with van der Waals surface area (Å²) in [7, 11) is 0. The van der Waals surface area contributed by atoms with E-state index in [0.29, 0.717) is 16.2 Å². The fourth-order valence-corrected chi connectivity index (χ4v) is 9.84. The third kappa shape index (κ3) is 3.37. The van der Waals surface area contributed by atoms with Crippen LogP contribution >= 0.6 is 0 Å². The van der Waals surface area contributed by atoms with Crippen molar-refractivity contribution in [1.82, 2.24) is 0 Å². The van der Waals surface area contributed by atoms with Crippen molar-refractivity contribution in [2.45, 2.75) is 125 Å². The number of unbranched alkanes of at least 4 members (excludes halogenated alkanes) is 1. The monoisotopic (exact) mass is 410 g/mol. The first-order valence-corrected chi connectivity index (χ1v) is 14.0. The van der Waals surface area contributed by atoms with Crippen LogP contribution in [0.1, 0.15) is 125 Å². The molecule has 5 aliphatic carbocycles. The van der Waals surface area contributed by atoms with Gasteiger partial charge in [0.1, 0.15) is 0 Å². The van der Waals surface area contributed by atoms with Gasteiger partial charge in [-0.25, -0.2) is 0 Å². The van der Waals surface area contributed by atoms with Gasteiger partial charge in [0.2, 0.25) is 0 Å². The van der Waals surface area contributed by atoms with E-state index in [1.54, 1.807) is 0 Å². The largest absolute Gasteiger partial charge is 0.0842 e. The van der Waals surface area contributed by atoms with Crippen LogP contribution in [-0.4, -0.2) is 0 Å². The van der Waals surface area contributed by atoms with Gasteiger partial charge in [-0.05, 0) is 122 Å². The van der Waals surface area contributed by atoms with E-state index in [2.05, 4.69) is 40.7 Å². The molecule has 0 aromatic carbocycles. The maximum atomic E-state index is 2.81. The first kappa shape index (κ1) is 21.6. The zero-order valence-electron chi connectivity index (χ0n) is 20.9. The van der Waals surface area contributed by atoms with E-state index in [1.807, 2.05) is 5.57 Å². The summed E-state index contributed by atoms with van der Waals surface area (Å²) >= 11 is 0. The summed E-state index contributed by atoms with van der Waals surface area (Å²) in [6.07, 6.45) is 23.8. The van der Waals surface area contributed by atoms with Gasteiger partial charge in [0.05, 0.1) is 0 Å². The summed E-state index contributed by atoms with van der Waals surface area (Å²) in [6, 6.07) is 0. The minimum atomic E-state index is 0.537. The minimum absolute atomic E-state index is 0.537. The SMILES string of the molecule is CC(C)CCCCC1CCC2C1(C)CCC1C3(C)CCC(C4CC4)CC3=CCC12C. The van der Waals surface area contributed by atoms with Crippen LogP contribution in [0.5, 0.6) is 0 Å². The maximum absolute atomic E-state index is 2.81. The molecule has 0 amide bonds. The topological polar surface area (TPSA) is 0 Å². The molecule has 0 saturated heterocycles. The molecule has 0 radical (unpaired) electrons. The van der Waals surface area contributed by atoms with Crippen molar-refractivity contribution >= 4 is 0 Å². The zero-order valence-corrected chi connectivity index (χ0v) is 20.9. The number of hydrogen-bond acceptors (Lipinski definition) is 0. The van der Waals surface area contributed by atoms with Gasteiger partial charge in [0.25, 0.3) is 0 Å². The van der Waals surface area contributed by atoms with E-state index in [4.69, 9.17) is 0 Å². The van der Waals surface area contributed by atoms with Crippen molar-refractivity contribution in [2.24, 2.45) is 51.8 Å². The Hall–Kier alpha value is -0.260. The summed E-state index contributed by atoms with van der Waals surface area (Å²) < 4.78 is 0. The van der Waals surface area contributed by atoms with Gasteiger partial charge in [0, 0.05) is 0 Å². The lowest BCUT2D eigenvalue weighted by atomic mass is 9.41.